The third-order valence-electron chi connectivity index (χ3n) is 2.71. The number of allylic oxidation sites excluding steroid dienone is 3. The molecule has 1 rings (SSSR count). The zero-order valence-corrected chi connectivity index (χ0v) is 9.79. The highest BCUT2D eigenvalue weighted by molar-refractivity contribution is 5.59. The summed E-state index contributed by atoms with van der Waals surface area (Å²) in [6, 6.07) is 0. The van der Waals surface area contributed by atoms with Gasteiger partial charge in [-0.05, 0) is 0 Å². The second-order valence-corrected chi connectivity index (χ2v) is 4.12. The van der Waals surface area contributed by atoms with Crippen molar-refractivity contribution in [3.8, 4) is 0 Å². The predicted molar refractivity (Wildman–Crippen MR) is 43.2 cm³/mol. The van der Waals surface area contributed by atoms with Gasteiger partial charge in [0, 0.05) is 0 Å². The fraction of sp³-hybridized carbons (Fsp3) is 0.556. The monoisotopic (exact) mass is 374 g/mol. The first-order valence-electron chi connectivity index (χ1n) is 4.90. The topological polar surface area (TPSA) is 0 Å². The van der Waals surface area contributed by atoms with E-state index >= 15 is 0 Å². The van der Waals surface area contributed by atoms with Crippen LogP contribution < -0.4 is 0 Å². The van der Waals surface area contributed by atoms with Gasteiger partial charge in [-0.1, -0.05) is 0 Å². The number of halogens is 14. The van der Waals surface area contributed by atoms with E-state index in [1.54, 1.807) is 0 Å². The van der Waals surface area contributed by atoms with Gasteiger partial charge in [0.15, 0.2) is 5.83 Å². The zero-order chi connectivity index (χ0) is 18.8. The predicted octanol–water partition coefficient (Wildman–Crippen LogP) is 5.48. The van der Waals surface area contributed by atoms with E-state index in [0.717, 1.165) is 0 Å². The molecule has 134 valence electrons. The summed E-state index contributed by atoms with van der Waals surface area (Å²) >= 11 is 0. The lowest BCUT2D eigenvalue weighted by atomic mass is 9.79. The highest BCUT2D eigenvalue weighted by atomic mass is 19.4. The number of rotatable bonds is 3. The molecule has 0 saturated carbocycles. The summed E-state index contributed by atoms with van der Waals surface area (Å²) in [4.78, 5) is 0. The van der Waals surface area contributed by atoms with Crippen LogP contribution in [0.3, 0.4) is 0 Å². The van der Waals surface area contributed by atoms with Crippen LogP contribution in [0.2, 0.25) is 0 Å². The van der Waals surface area contributed by atoms with Crippen LogP contribution in [0.25, 0.3) is 0 Å². The first kappa shape index (κ1) is 19.5. The van der Waals surface area contributed by atoms with Gasteiger partial charge in [-0.25, -0.2) is 4.39 Å². The zero-order valence-electron chi connectivity index (χ0n) is 9.79. The number of alkyl halides is 11. The second-order valence-electron chi connectivity index (χ2n) is 4.12. The molecule has 0 aromatic heterocycles. The van der Waals surface area contributed by atoms with Crippen molar-refractivity contribution in [2.45, 2.75) is 29.9 Å². The van der Waals surface area contributed by atoms with Gasteiger partial charge in [-0.15, -0.1) is 0 Å². The average Bonchev–Trinajstić information content (AvgIpc) is 2.32. The molecule has 0 saturated heterocycles. The van der Waals surface area contributed by atoms with Crippen molar-refractivity contribution in [1.29, 1.82) is 0 Å². The van der Waals surface area contributed by atoms with Gasteiger partial charge in [0.1, 0.15) is 5.57 Å². The van der Waals surface area contributed by atoms with Gasteiger partial charge < -0.3 is 0 Å². The van der Waals surface area contributed by atoms with Crippen molar-refractivity contribution < 1.29 is 61.5 Å². The van der Waals surface area contributed by atoms with Crippen LogP contribution in [-0.2, 0) is 0 Å². The molecule has 1 aliphatic carbocycles. The maximum atomic E-state index is 13.1. The summed E-state index contributed by atoms with van der Waals surface area (Å²) in [5.41, 5.74) is -6.99. The Bertz CT molecular complexity index is 570. The van der Waals surface area contributed by atoms with E-state index in [4.69, 9.17) is 0 Å². The summed E-state index contributed by atoms with van der Waals surface area (Å²) < 4.78 is 174. The van der Waals surface area contributed by atoms with Crippen LogP contribution in [0, 0.1) is 0 Å². The van der Waals surface area contributed by atoms with Crippen molar-refractivity contribution in [2.24, 2.45) is 0 Å². The molecular weight excluding hydrogens is 374 g/mol. The van der Waals surface area contributed by atoms with Crippen LogP contribution >= 0.6 is 0 Å². The molecule has 0 unspecified atom stereocenters. The average molecular weight is 374 g/mol. The molecule has 0 fully saturated rings. The first-order chi connectivity index (χ1) is 9.85. The maximum absolute atomic E-state index is 13.1. The van der Waals surface area contributed by atoms with Gasteiger partial charge in [0.05, 0.1) is 5.57 Å². The molecule has 0 amide bonds. The molecule has 0 aromatic rings. The van der Waals surface area contributed by atoms with Gasteiger partial charge >= 0.3 is 29.9 Å². The molecule has 0 bridgehead atoms. The molecule has 1 aliphatic rings. The quantitative estimate of drug-likeness (QED) is 0.574. The summed E-state index contributed by atoms with van der Waals surface area (Å²) in [5.74, 6) is -31.2. The minimum Gasteiger partial charge on any atom is -0.204 e. The van der Waals surface area contributed by atoms with E-state index in [9.17, 15) is 61.5 Å². The smallest absolute Gasteiger partial charge is 0.204 e. The van der Waals surface area contributed by atoms with Crippen LogP contribution in [0.1, 0.15) is 0 Å². The van der Waals surface area contributed by atoms with Gasteiger partial charge in [-0.3, -0.25) is 0 Å². The van der Waals surface area contributed by atoms with Crippen molar-refractivity contribution >= 4 is 0 Å². The molecule has 0 spiro atoms. The largest absolute Gasteiger partial charge is 0.460 e. The minimum atomic E-state index is -7.53. The standard InChI is InChI=1S/C9F14/c10-3-1(2(4(11)12)5(3,13)14)6(15,16)7(17,18)8(19,20)9(21,22)23. The fourth-order valence-electron chi connectivity index (χ4n) is 1.51. The lowest BCUT2D eigenvalue weighted by Gasteiger charge is -2.40. The lowest BCUT2D eigenvalue weighted by Crippen LogP contribution is -2.63. The van der Waals surface area contributed by atoms with E-state index in [1.807, 2.05) is 0 Å². The third kappa shape index (κ3) is 2.28. The summed E-state index contributed by atoms with van der Waals surface area (Å²) in [6.07, 6.45) is -11.2. The molecule has 23 heavy (non-hydrogen) atoms. The molecule has 0 aromatic carbocycles. The summed E-state index contributed by atoms with van der Waals surface area (Å²) in [6.45, 7) is 0. The molecule has 0 radical (unpaired) electrons. The van der Waals surface area contributed by atoms with Crippen LogP contribution in [-0.4, -0.2) is 29.9 Å². The maximum Gasteiger partial charge on any atom is 0.460 e. The fourth-order valence-corrected chi connectivity index (χ4v) is 1.51. The molecule has 0 N–H and O–H groups in total. The highest BCUT2D eigenvalue weighted by Gasteiger charge is 2.85. The third-order valence-corrected chi connectivity index (χ3v) is 2.71. The van der Waals surface area contributed by atoms with Gasteiger partial charge in [-0.2, -0.15) is 57.1 Å². The first-order valence-corrected chi connectivity index (χ1v) is 4.90. The SMILES string of the molecule is FC(F)=C1C(C(F)(F)C(F)(F)C(F)(F)C(F)(F)F)=C(F)C1(F)F. The number of hydrogen-bond donors (Lipinski definition) is 0. The van der Waals surface area contributed by atoms with E-state index in [-0.39, 0.29) is 0 Å². The molecule has 14 heteroatoms. The molecule has 0 atom stereocenters. The molecule has 0 nitrogen and oxygen atoms in total. The van der Waals surface area contributed by atoms with Gasteiger partial charge in [0.25, 0.3) is 6.08 Å². The van der Waals surface area contributed by atoms with Crippen LogP contribution in [0.15, 0.2) is 23.1 Å². The summed E-state index contributed by atoms with van der Waals surface area (Å²) in [7, 11) is 0. The molecule has 0 heterocycles. The van der Waals surface area contributed by atoms with Crippen molar-refractivity contribution in [3.05, 3.63) is 23.1 Å². The second kappa shape index (κ2) is 4.75. The van der Waals surface area contributed by atoms with Crippen LogP contribution in [0.4, 0.5) is 61.5 Å². The van der Waals surface area contributed by atoms with E-state index < -0.39 is 52.9 Å². The van der Waals surface area contributed by atoms with E-state index in [2.05, 4.69) is 0 Å². The Morgan fingerprint density at radius 1 is 0.739 bits per heavy atom. The lowest BCUT2D eigenvalue weighted by molar-refractivity contribution is -0.390. The van der Waals surface area contributed by atoms with Crippen molar-refractivity contribution in [1.82, 2.24) is 0 Å². The Morgan fingerprint density at radius 2 is 1.13 bits per heavy atom. The van der Waals surface area contributed by atoms with E-state index in [0.29, 0.717) is 0 Å². The highest BCUT2D eigenvalue weighted by Crippen LogP contribution is 2.63. The van der Waals surface area contributed by atoms with Gasteiger partial charge in [0.2, 0.25) is 0 Å². The summed E-state index contributed by atoms with van der Waals surface area (Å²) in [5, 5.41) is 0. The van der Waals surface area contributed by atoms with E-state index in [1.165, 1.54) is 0 Å². The Hall–Kier alpha value is -1.50. The minimum absolute atomic E-state index is 3.38. The number of hydrogen-bond acceptors (Lipinski definition) is 0. The Labute approximate surface area is 116 Å². The van der Waals surface area contributed by atoms with Crippen molar-refractivity contribution in [2.75, 3.05) is 0 Å². The Morgan fingerprint density at radius 3 is 1.43 bits per heavy atom. The normalized spacial score (nSPS) is 19.8. The Balaban J connectivity index is 3.61. The molecule has 0 aliphatic heterocycles. The van der Waals surface area contributed by atoms with Crippen molar-refractivity contribution in [3.63, 3.8) is 0 Å². The van der Waals surface area contributed by atoms with Crippen LogP contribution in [0.5, 0.6) is 0 Å². The molecular formula is C9F14. The Kier molecular flexibility index (Phi) is 4.04.